The third-order valence-electron chi connectivity index (χ3n) is 4.00. The van der Waals surface area contributed by atoms with Crippen LogP contribution in [0.5, 0.6) is 0 Å². The van der Waals surface area contributed by atoms with Crippen LogP contribution in [0.15, 0.2) is 35.1 Å². The lowest BCUT2D eigenvalue weighted by Gasteiger charge is -2.25. The standard InChI is InChI=1S/C16H16F2N2O/c17-11-5-4-10(13(18)8-11)9-20-15-3-1-2-14(19)12(15)6-7-16(20)21/h4-8,14H,1-3,9,19H2. The Hall–Kier alpha value is -2.01. The van der Waals surface area contributed by atoms with Crippen LogP contribution in [0.4, 0.5) is 8.78 Å². The number of pyridine rings is 1. The number of fused-ring (bicyclic) bond motifs is 1. The van der Waals surface area contributed by atoms with E-state index in [-0.39, 0.29) is 18.1 Å². The van der Waals surface area contributed by atoms with Crippen molar-refractivity contribution in [1.82, 2.24) is 4.57 Å². The molecule has 0 fully saturated rings. The van der Waals surface area contributed by atoms with Gasteiger partial charge < -0.3 is 10.3 Å². The number of rotatable bonds is 2. The van der Waals surface area contributed by atoms with E-state index < -0.39 is 11.6 Å². The molecule has 1 aromatic heterocycles. The van der Waals surface area contributed by atoms with E-state index >= 15 is 0 Å². The van der Waals surface area contributed by atoms with E-state index in [0.29, 0.717) is 5.56 Å². The maximum atomic E-state index is 13.8. The van der Waals surface area contributed by atoms with Crippen LogP contribution in [-0.4, -0.2) is 4.57 Å². The molecule has 1 aromatic carbocycles. The minimum absolute atomic E-state index is 0.0846. The summed E-state index contributed by atoms with van der Waals surface area (Å²) in [6.45, 7) is 0.0981. The smallest absolute Gasteiger partial charge is 0.251 e. The molecule has 1 aliphatic rings. The van der Waals surface area contributed by atoms with Gasteiger partial charge in [-0.2, -0.15) is 0 Å². The van der Waals surface area contributed by atoms with Gasteiger partial charge in [0, 0.05) is 29.4 Å². The Morgan fingerprint density at radius 3 is 2.81 bits per heavy atom. The molecule has 3 rings (SSSR count). The summed E-state index contributed by atoms with van der Waals surface area (Å²) in [5.41, 5.74) is 7.99. The first-order valence-electron chi connectivity index (χ1n) is 6.98. The molecular weight excluding hydrogens is 274 g/mol. The fourth-order valence-corrected chi connectivity index (χ4v) is 2.89. The van der Waals surface area contributed by atoms with Crippen LogP contribution in [-0.2, 0) is 13.0 Å². The summed E-state index contributed by atoms with van der Waals surface area (Å²) < 4.78 is 28.3. The first-order chi connectivity index (χ1) is 10.1. The van der Waals surface area contributed by atoms with Crippen LogP contribution in [0.1, 0.15) is 35.7 Å². The first kappa shape index (κ1) is 13.9. The predicted molar refractivity (Wildman–Crippen MR) is 76.0 cm³/mol. The summed E-state index contributed by atoms with van der Waals surface area (Å²) in [4.78, 5) is 12.1. The molecule has 5 heteroatoms. The summed E-state index contributed by atoms with van der Waals surface area (Å²) in [7, 11) is 0. The molecule has 0 radical (unpaired) electrons. The van der Waals surface area contributed by atoms with Gasteiger partial charge in [0.15, 0.2) is 0 Å². The minimum Gasteiger partial charge on any atom is -0.324 e. The molecule has 0 amide bonds. The van der Waals surface area contributed by atoms with Crippen molar-refractivity contribution in [3.05, 3.63) is 69.1 Å². The monoisotopic (exact) mass is 290 g/mol. The van der Waals surface area contributed by atoms with Crippen molar-refractivity contribution < 1.29 is 8.78 Å². The van der Waals surface area contributed by atoms with Gasteiger partial charge in [0.1, 0.15) is 11.6 Å². The molecule has 110 valence electrons. The van der Waals surface area contributed by atoms with E-state index in [1.165, 1.54) is 18.2 Å². The zero-order chi connectivity index (χ0) is 15.0. The fraction of sp³-hybridized carbons (Fsp3) is 0.312. The molecular formula is C16H16F2N2O. The average molecular weight is 290 g/mol. The molecule has 1 aliphatic carbocycles. The summed E-state index contributed by atoms with van der Waals surface area (Å²) >= 11 is 0. The van der Waals surface area contributed by atoms with E-state index in [9.17, 15) is 13.6 Å². The second-order valence-electron chi connectivity index (χ2n) is 5.39. The van der Waals surface area contributed by atoms with Gasteiger partial charge in [0.05, 0.1) is 6.54 Å². The number of aromatic nitrogens is 1. The number of benzene rings is 1. The van der Waals surface area contributed by atoms with Crippen molar-refractivity contribution in [1.29, 1.82) is 0 Å². The van der Waals surface area contributed by atoms with Crippen molar-refractivity contribution in [2.45, 2.75) is 31.8 Å². The molecule has 0 aliphatic heterocycles. The van der Waals surface area contributed by atoms with E-state index in [2.05, 4.69) is 0 Å². The van der Waals surface area contributed by atoms with E-state index in [0.717, 1.165) is 36.6 Å². The SMILES string of the molecule is NC1CCCc2c1ccc(=O)n2Cc1ccc(F)cc1F. The van der Waals surface area contributed by atoms with Crippen LogP contribution in [0.25, 0.3) is 0 Å². The van der Waals surface area contributed by atoms with Crippen LogP contribution < -0.4 is 11.3 Å². The highest BCUT2D eigenvalue weighted by atomic mass is 19.1. The summed E-state index contributed by atoms with van der Waals surface area (Å²) in [5.74, 6) is -1.26. The second kappa shape index (κ2) is 5.41. The first-order valence-corrected chi connectivity index (χ1v) is 6.98. The van der Waals surface area contributed by atoms with Crippen molar-refractivity contribution in [3.63, 3.8) is 0 Å². The quantitative estimate of drug-likeness (QED) is 0.924. The highest BCUT2D eigenvalue weighted by Gasteiger charge is 2.20. The zero-order valence-corrected chi connectivity index (χ0v) is 11.5. The van der Waals surface area contributed by atoms with Gasteiger partial charge in [0.25, 0.3) is 5.56 Å². The average Bonchev–Trinajstić information content (AvgIpc) is 2.44. The Balaban J connectivity index is 2.06. The molecule has 1 unspecified atom stereocenters. The van der Waals surface area contributed by atoms with Crippen molar-refractivity contribution in [2.75, 3.05) is 0 Å². The zero-order valence-electron chi connectivity index (χ0n) is 11.5. The van der Waals surface area contributed by atoms with Gasteiger partial charge in [-0.05, 0) is 30.9 Å². The number of nitrogens with two attached hydrogens (primary N) is 1. The lowest BCUT2D eigenvalue weighted by atomic mass is 9.91. The fourth-order valence-electron chi connectivity index (χ4n) is 2.89. The van der Waals surface area contributed by atoms with Crippen molar-refractivity contribution >= 4 is 0 Å². The minimum atomic E-state index is -0.639. The number of hydrogen-bond acceptors (Lipinski definition) is 2. The summed E-state index contributed by atoms with van der Waals surface area (Å²) in [5, 5.41) is 0. The molecule has 3 nitrogen and oxygen atoms in total. The molecule has 1 heterocycles. The number of halogens is 2. The summed E-state index contributed by atoms with van der Waals surface area (Å²) in [6, 6.07) is 6.55. The largest absolute Gasteiger partial charge is 0.324 e. The third kappa shape index (κ3) is 2.61. The molecule has 2 N–H and O–H groups in total. The molecule has 0 spiro atoms. The maximum Gasteiger partial charge on any atom is 0.251 e. The summed E-state index contributed by atoms with van der Waals surface area (Å²) in [6.07, 6.45) is 2.54. The molecule has 1 atom stereocenters. The Morgan fingerprint density at radius 2 is 2.05 bits per heavy atom. The molecule has 2 aromatic rings. The van der Waals surface area contributed by atoms with Crippen LogP contribution in [0.2, 0.25) is 0 Å². The number of nitrogens with zero attached hydrogens (tertiary/aromatic N) is 1. The molecule has 0 saturated heterocycles. The van der Waals surface area contributed by atoms with Crippen molar-refractivity contribution in [3.8, 4) is 0 Å². The lowest BCUT2D eigenvalue weighted by molar-refractivity contribution is 0.520. The van der Waals surface area contributed by atoms with Gasteiger partial charge in [0.2, 0.25) is 0 Å². The van der Waals surface area contributed by atoms with E-state index in [1.807, 2.05) is 0 Å². The normalized spacial score (nSPS) is 17.6. The third-order valence-corrected chi connectivity index (χ3v) is 4.00. The van der Waals surface area contributed by atoms with Gasteiger partial charge in [-0.15, -0.1) is 0 Å². The Labute approximate surface area is 121 Å². The van der Waals surface area contributed by atoms with Gasteiger partial charge in [-0.1, -0.05) is 12.1 Å². The van der Waals surface area contributed by atoms with Crippen LogP contribution >= 0.6 is 0 Å². The molecule has 0 saturated carbocycles. The lowest BCUT2D eigenvalue weighted by Crippen LogP contribution is -2.29. The van der Waals surface area contributed by atoms with Crippen LogP contribution in [0, 0.1) is 11.6 Å². The van der Waals surface area contributed by atoms with Gasteiger partial charge in [-0.25, -0.2) is 8.78 Å². The topological polar surface area (TPSA) is 48.0 Å². The Bertz CT molecular complexity index is 740. The Morgan fingerprint density at radius 1 is 1.24 bits per heavy atom. The molecule has 0 bridgehead atoms. The Kier molecular flexibility index (Phi) is 3.59. The van der Waals surface area contributed by atoms with E-state index in [4.69, 9.17) is 5.73 Å². The second-order valence-corrected chi connectivity index (χ2v) is 5.39. The predicted octanol–water partition coefficient (Wildman–Crippen LogP) is 2.51. The maximum absolute atomic E-state index is 13.8. The molecule has 21 heavy (non-hydrogen) atoms. The van der Waals surface area contributed by atoms with Gasteiger partial charge in [-0.3, -0.25) is 4.79 Å². The number of hydrogen-bond donors (Lipinski definition) is 1. The van der Waals surface area contributed by atoms with Crippen molar-refractivity contribution in [2.24, 2.45) is 5.73 Å². The highest BCUT2D eigenvalue weighted by molar-refractivity contribution is 5.29. The highest BCUT2D eigenvalue weighted by Crippen LogP contribution is 2.27. The van der Waals surface area contributed by atoms with Crippen LogP contribution in [0.3, 0.4) is 0 Å². The van der Waals surface area contributed by atoms with E-state index in [1.54, 1.807) is 10.6 Å². The van der Waals surface area contributed by atoms with Gasteiger partial charge >= 0.3 is 0 Å².